The third kappa shape index (κ3) is 4.85. The average Bonchev–Trinajstić information content (AvgIpc) is 3.34. The molecule has 8 nitrogen and oxygen atoms in total. The van der Waals surface area contributed by atoms with E-state index in [4.69, 9.17) is 14.0 Å². The van der Waals surface area contributed by atoms with Gasteiger partial charge in [0, 0.05) is 37.7 Å². The number of amides is 1. The van der Waals surface area contributed by atoms with Gasteiger partial charge in [-0.2, -0.15) is 4.98 Å². The molecule has 2 heterocycles. The number of nitrogens with zero attached hydrogens (tertiary/aromatic N) is 4. The van der Waals surface area contributed by atoms with Crippen LogP contribution in [0.15, 0.2) is 53.1 Å². The first-order valence-electron chi connectivity index (χ1n) is 10.8. The molecule has 8 heteroatoms. The van der Waals surface area contributed by atoms with E-state index in [1.165, 1.54) is 0 Å². The smallest absolute Gasteiger partial charge is 0.260 e. The Balaban J connectivity index is 1.28. The highest BCUT2D eigenvalue weighted by molar-refractivity contribution is 5.78. The van der Waals surface area contributed by atoms with Gasteiger partial charge in [-0.05, 0) is 36.4 Å². The second-order valence-corrected chi connectivity index (χ2v) is 7.97. The fourth-order valence-electron chi connectivity index (χ4n) is 3.60. The summed E-state index contributed by atoms with van der Waals surface area (Å²) in [5, 5.41) is 3.98. The molecule has 0 aliphatic carbocycles. The zero-order chi connectivity index (χ0) is 22.5. The first-order chi connectivity index (χ1) is 15.5. The number of aromatic nitrogens is 2. The zero-order valence-corrected chi connectivity index (χ0v) is 18.7. The Labute approximate surface area is 187 Å². The van der Waals surface area contributed by atoms with E-state index < -0.39 is 0 Å². The maximum absolute atomic E-state index is 12.6. The van der Waals surface area contributed by atoms with Gasteiger partial charge in [-0.15, -0.1) is 0 Å². The minimum atomic E-state index is -0.0211. The highest BCUT2D eigenvalue weighted by Gasteiger charge is 2.23. The molecule has 3 aromatic rings. The Morgan fingerprint density at radius 1 is 1.06 bits per heavy atom. The highest BCUT2D eigenvalue weighted by Crippen LogP contribution is 2.28. The highest BCUT2D eigenvalue weighted by atomic mass is 16.5. The molecule has 0 unspecified atom stereocenters. The molecule has 32 heavy (non-hydrogen) atoms. The molecular formula is C24H28N4O4. The Kier molecular flexibility index (Phi) is 6.58. The number of carbonyl (C=O) groups excluding carboxylic acids is 1. The van der Waals surface area contributed by atoms with E-state index in [1.807, 2.05) is 67.3 Å². The summed E-state index contributed by atoms with van der Waals surface area (Å²) in [4.78, 5) is 21.1. The largest absolute Gasteiger partial charge is 0.495 e. The predicted octanol–water partition coefficient (Wildman–Crippen LogP) is 3.60. The average molecular weight is 437 g/mol. The van der Waals surface area contributed by atoms with Crippen LogP contribution in [0.5, 0.6) is 11.5 Å². The Morgan fingerprint density at radius 2 is 1.78 bits per heavy atom. The van der Waals surface area contributed by atoms with Crippen LogP contribution in [0, 0.1) is 0 Å². The molecule has 0 spiro atoms. The van der Waals surface area contributed by atoms with Crippen molar-refractivity contribution < 1.29 is 18.8 Å². The number of para-hydroxylation sites is 2. The SMILES string of the molecule is COc1ccccc1N1CCN(C(=O)COc2ccc(-c3nc(C(C)C)no3)cc2)CC1. The Bertz CT molecular complexity index is 1040. The summed E-state index contributed by atoms with van der Waals surface area (Å²) in [5.74, 6) is 2.81. The molecule has 168 valence electrons. The van der Waals surface area contributed by atoms with E-state index in [0.717, 1.165) is 30.1 Å². The lowest BCUT2D eigenvalue weighted by Crippen LogP contribution is -2.50. The molecule has 0 atom stereocenters. The number of hydrogen-bond acceptors (Lipinski definition) is 7. The van der Waals surface area contributed by atoms with Gasteiger partial charge in [-0.25, -0.2) is 0 Å². The number of methoxy groups -OCH3 is 1. The van der Waals surface area contributed by atoms with Crippen LogP contribution in [0.25, 0.3) is 11.5 Å². The van der Waals surface area contributed by atoms with Crippen LogP contribution in [0.1, 0.15) is 25.6 Å². The summed E-state index contributed by atoms with van der Waals surface area (Å²) < 4.78 is 16.5. The topological polar surface area (TPSA) is 80.9 Å². The van der Waals surface area contributed by atoms with Gasteiger partial charge in [-0.3, -0.25) is 4.79 Å². The molecule has 0 saturated carbocycles. The van der Waals surface area contributed by atoms with E-state index in [0.29, 0.717) is 30.6 Å². The summed E-state index contributed by atoms with van der Waals surface area (Å²) in [6.45, 7) is 6.84. The normalized spacial score (nSPS) is 14.0. The lowest BCUT2D eigenvalue weighted by molar-refractivity contribution is -0.133. The van der Waals surface area contributed by atoms with E-state index in [9.17, 15) is 4.79 Å². The van der Waals surface area contributed by atoms with Crippen molar-refractivity contribution >= 4 is 11.6 Å². The van der Waals surface area contributed by atoms with Gasteiger partial charge in [-0.1, -0.05) is 31.1 Å². The molecule has 0 radical (unpaired) electrons. The molecule has 1 saturated heterocycles. The molecule has 1 amide bonds. The summed E-state index contributed by atoms with van der Waals surface area (Å²) in [6.07, 6.45) is 0. The van der Waals surface area contributed by atoms with Crippen molar-refractivity contribution in [1.29, 1.82) is 0 Å². The molecule has 2 aromatic carbocycles. The number of piperazine rings is 1. The second-order valence-electron chi connectivity index (χ2n) is 7.97. The van der Waals surface area contributed by atoms with Crippen LogP contribution in [0.4, 0.5) is 5.69 Å². The van der Waals surface area contributed by atoms with E-state index in [1.54, 1.807) is 7.11 Å². The molecule has 1 fully saturated rings. The van der Waals surface area contributed by atoms with Crippen LogP contribution in [0.3, 0.4) is 0 Å². The van der Waals surface area contributed by atoms with Crippen molar-refractivity contribution in [3.8, 4) is 23.0 Å². The minimum Gasteiger partial charge on any atom is -0.495 e. The fraction of sp³-hybridized carbons (Fsp3) is 0.375. The van der Waals surface area contributed by atoms with Crippen LogP contribution in [-0.4, -0.2) is 60.8 Å². The quantitative estimate of drug-likeness (QED) is 0.560. The molecule has 1 aliphatic rings. The van der Waals surface area contributed by atoms with Crippen molar-refractivity contribution in [3.05, 3.63) is 54.4 Å². The molecule has 0 bridgehead atoms. The van der Waals surface area contributed by atoms with Gasteiger partial charge in [0.1, 0.15) is 11.5 Å². The van der Waals surface area contributed by atoms with Crippen LogP contribution in [-0.2, 0) is 4.79 Å². The van der Waals surface area contributed by atoms with Crippen molar-refractivity contribution in [2.45, 2.75) is 19.8 Å². The van der Waals surface area contributed by atoms with Crippen LogP contribution < -0.4 is 14.4 Å². The number of rotatable bonds is 7. The molecule has 0 N–H and O–H groups in total. The van der Waals surface area contributed by atoms with Gasteiger partial charge < -0.3 is 23.8 Å². The van der Waals surface area contributed by atoms with E-state index >= 15 is 0 Å². The third-order valence-electron chi connectivity index (χ3n) is 5.48. The van der Waals surface area contributed by atoms with Crippen molar-refractivity contribution in [2.75, 3.05) is 44.8 Å². The standard InChI is InChI=1S/C24H28N4O4/c1-17(2)23-25-24(32-26-23)18-8-10-19(11-9-18)31-16-22(29)28-14-12-27(13-15-28)20-6-4-5-7-21(20)30-3/h4-11,17H,12-16H2,1-3H3. The number of benzene rings is 2. The summed E-state index contributed by atoms with van der Waals surface area (Å²) in [6, 6.07) is 15.3. The minimum absolute atomic E-state index is 0.00601. The Morgan fingerprint density at radius 3 is 2.44 bits per heavy atom. The van der Waals surface area contributed by atoms with Gasteiger partial charge >= 0.3 is 0 Å². The summed E-state index contributed by atoms with van der Waals surface area (Å²) >= 11 is 0. The first-order valence-corrected chi connectivity index (χ1v) is 10.8. The molecule has 1 aromatic heterocycles. The maximum Gasteiger partial charge on any atom is 0.260 e. The fourth-order valence-corrected chi connectivity index (χ4v) is 3.60. The molecule has 4 rings (SSSR count). The van der Waals surface area contributed by atoms with Crippen molar-refractivity contribution in [1.82, 2.24) is 15.0 Å². The monoisotopic (exact) mass is 436 g/mol. The van der Waals surface area contributed by atoms with Gasteiger partial charge in [0.25, 0.3) is 11.8 Å². The molecular weight excluding hydrogens is 408 g/mol. The number of carbonyl (C=O) groups is 1. The van der Waals surface area contributed by atoms with E-state index in [-0.39, 0.29) is 18.4 Å². The third-order valence-corrected chi connectivity index (χ3v) is 5.48. The van der Waals surface area contributed by atoms with Gasteiger partial charge in [0.05, 0.1) is 12.8 Å². The van der Waals surface area contributed by atoms with Crippen molar-refractivity contribution in [3.63, 3.8) is 0 Å². The van der Waals surface area contributed by atoms with Crippen LogP contribution >= 0.6 is 0 Å². The van der Waals surface area contributed by atoms with E-state index in [2.05, 4.69) is 15.0 Å². The zero-order valence-electron chi connectivity index (χ0n) is 18.7. The van der Waals surface area contributed by atoms with Gasteiger partial charge in [0.15, 0.2) is 12.4 Å². The first kappa shape index (κ1) is 21.7. The Hall–Kier alpha value is -3.55. The maximum atomic E-state index is 12.6. The lowest BCUT2D eigenvalue weighted by Gasteiger charge is -2.36. The molecule has 1 aliphatic heterocycles. The second kappa shape index (κ2) is 9.72. The lowest BCUT2D eigenvalue weighted by atomic mass is 10.2. The summed E-state index contributed by atoms with van der Waals surface area (Å²) in [7, 11) is 1.67. The van der Waals surface area contributed by atoms with Crippen LogP contribution in [0.2, 0.25) is 0 Å². The number of ether oxygens (including phenoxy) is 2. The summed E-state index contributed by atoms with van der Waals surface area (Å²) in [5.41, 5.74) is 1.87. The van der Waals surface area contributed by atoms with Crippen molar-refractivity contribution in [2.24, 2.45) is 0 Å². The van der Waals surface area contributed by atoms with Gasteiger partial charge in [0.2, 0.25) is 0 Å². The number of hydrogen-bond donors (Lipinski definition) is 0. The predicted molar refractivity (Wildman–Crippen MR) is 121 cm³/mol. The number of anilines is 1.